The van der Waals surface area contributed by atoms with E-state index in [9.17, 15) is 0 Å². The van der Waals surface area contributed by atoms with Gasteiger partial charge in [0.1, 0.15) is 0 Å². The molecular formula is C16H25N3. The van der Waals surface area contributed by atoms with Gasteiger partial charge in [-0.05, 0) is 73.7 Å². The molecular weight excluding hydrogens is 234 g/mol. The Bertz CT molecular complexity index is 441. The predicted octanol–water partition coefficient (Wildman–Crippen LogP) is 2.51. The third kappa shape index (κ3) is 1.94. The zero-order chi connectivity index (χ0) is 13.0. The molecule has 0 spiro atoms. The molecule has 1 aromatic heterocycles. The second kappa shape index (κ2) is 4.08. The van der Waals surface area contributed by atoms with Crippen LogP contribution in [-0.2, 0) is 13.5 Å². The molecule has 2 N–H and O–H groups in total. The van der Waals surface area contributed by atoms with Crippen molar-refractivity contribution in [3.8, 4) is 0 Å². The molecule has 1 unspecified atom stereocenters. The van der Waals surface area contributed by atoms with Crippen molar-refractivity contribution >= 4 is 0 Å². The molecule has 1 heterocycles. The number of nitrogens with two attached hydrogens (primary N) is 1. The molecule has 0 aromatic carbocycles. The van der Waals surface area contributed by atoms with Crippen LogP contribution in [-0.4, -0.2) is 15.8 Å². The molecule has 0 radical (unpaired) electrons. The summed E-state index contributed by atoms with van der Waals surface area (Å²) in [5.74, 6) is 2.98. The van der Waals surface area contributed by atoms with Crippen molar-refractivity contribution in [3.63, 3.8) is 0 Å². The minimum Gasteiger partial charge on any atom is -0.327 e. The van der Waals surface area contributed by atoms with Crippen molar-refractivity contribution in [1.82, 2.24) is 9.78 Å². The SMILES string of the molecule is Cn1cc(CC(N)C23CC4CC(CC(C4)C2)C3)cn1. The first-order chi connectivity index (χ1) is 9.13. The lowest BCUT2D eigenvalue weighted by Gasteiger charge is -2.59. The molecule has 4 fully saturated rings. The number of nitrogens with zero attached hydrogens (tertiary/aromatic N) is 2. The summed E-state index contributed by atoms with van der Waals surface area (Å²) in [5.41, 5.74) is 8.45. The summed E-state index contributed by atoms with van der Waals surface area (Å²) in [7, 11) is 1.99. The van der Waals surface area contributed by atoms with Gasteiger partial charge in [0.15, 0.2) is 0 Å². The molecule has 0 saturated heterocycles. The fraction of sp³-hybridized carbons (Fsp3) is 0.812. The number of aromatic nitrogens is 2. The lowest BCUT2D eigenvalue weighted by atomic mass is 9.47. The van der Waals surface area contributed by atoms with Gasteiger partial charge in [0.25, 0.3) is 0 Å². The van der Waals surface area contributed by atoms with E-state index in [4.69, 9.17) is 5.73 Å². The summed E-state index contributed by atoms with van der Waals surface area (Å²) in [4.78, 5) is 0. The Morgan fingerprint density at radius 1 is 1.26 bits per heavy atom. The van der Waals surface area contributed by atoms with Crippen LogP contribution in [0.15, 0.2) is 12.4 Å². The summed E-state index contributed by atoms with van der Waals surface area (Å²) in [5, 5.41) is 4.28. The average molecular weight is 259 g/mol. The summed E-state index contributed by atoms with van der Waals surface area (Å²) >= 11 is 0. The topological polar surface area (TPSA) is 43.8 Å². The van der Waals surface area contributed by atoms with Crippen molar-refractivity contribution < 1.29 is 0 Å². The van der Waals surface area contributed by atoms with Crippen LogP contribution in [0.1, 0.15) is 44.1 Å². The largest absolute Gasteiger partial charge is 0.327 e. The summed E-state index contributed by atoms with van der Waals surface area (Å²) in [6.07, 6.45) is 13.8. The van der Waals surface area contributed by atoms with Crippen LogP contribution in [0, 0.1) is 23.2 Å². The minimum atomic E-state index is 0.338. The second-order valence-electron chi connectivity index (χ2n) is 7.61. The van der Waals surface area contributed by atoms with Crippen LogP contribution < -0.4 is 5.73 Å². The quantitative estimate of drug-likeness (QED) is 0.906. The average Bonchev–Trinajstić information content (AvgIpc) is 2.73. The van der Waals surface area contributed by atoms with Crippen molar-refractivity contribution in [1.29, 1.82) is 0 Å². The Hall–Kier alpha value is -0.830. The van der Waals surface area contributed by atoms with Crippen LogP contribution in [0.5, 0.6) is 0 Å². The maximum atomic E-state index is 6.68. The van der Waals surface area contributed by atoms with Gasteiger partial charge in [0, 0.05) is 19.3 Å². The van der Waals surface area contributed by atoms with E-state index in [0.717, 1.165) is 24.2 Å². The Balaban J connectivity index is 1.54. The standard InChI is InChI=1S/C16H25N3/c1-19-10-14(9-18-19)5-15(17)16-6-11-2-12(7-16)4-13(3-11)8-16/h9-13,15H,2-8,17H2,1H3. The molecule has 19 heavy (non-hydrogen) atoms. The number of hydrogen-bond acceptors (Lipinski definition) is 2. The summed E-state index contributed by atoms with van der Waals surface area (Å²) < 4.78 is 1.89. The first-order valence-corrected chi connectivity index (χ1v) is 7.86. The third-order valence-electron chi connectivity index (χ3n) is 6.09. The van der Waals surface area contributed by atoms with Gasteiger partial charge in [-0.15, -0.1) is 0 Å². The minimum absolute atomic E-state index is 0.338. The molecule has 5 rings (SSSR count). The van der Waals surface area contributed by atoms with E-state index in [1.165, 1.54) is 44.1 Å². The Labute approximate surface area is 115 Å². The molecule has 3 heteroatoms. The highest BCUT2D eigenvalue weighted by molar-refractivity contribution is 5.12. The number of hydrogen-bond donors (Lipinski definition) is 1. The van der Waals surface area contributed by atoms with Gasteiger partial charge in [0.2, 0.25) is 0 Å². The fourth-order valence-corrected chi connectivity index (χ4v) is 5.68. The Morgan fingerprint density at radius 3 is 2.32 bits per heavy atom. The highest BCUT2D eigenvalue weighted by Crippen LogP contribution is 2.61. The normalized spacial score (nSPS) is 41.7. The molecule has 0 aliphatic heterocycles. The maximum absolute atomic E-state index is 6.68. The van der Waals surface area contributed by atoms with Crippen LogP contribution in [0.3, 0.4) is 0 Å². The Kier molecular flexibility index (Phi) is 2.57. The highest BCUT2D eigenvalue weighted by Gasteiger charge is 2.53. The van der Waals surface area contributed by atoms with E-state index in [1.807, 2.05) is 17.9 Å². The van der Waals surface area contributed by atoms with Gasteiger partial charge in [0.05, 0.1) is 6.20 Å². The van der Waals surface area contributed by atoms with Gasteiger partial charge in [-0.25, -0.2) is 0 Å². The molecule has 3 nitrogen and oxygen atoms in total. The van der Waals surface area contributed by atoms with E-state index in [0.29, 0.717) is 11.5 Å². The van der Waals surface area contributed by atoms with Crippen molar-refractivity contribution in [3.05, 3.63) is 18.0 Å². The van der Waals surface area contributed by atoms with E-state index in [-0.39, 0.29) is 0 Å². The molecule has 4 saturated carbocycles. The molecule has 4 aliphatic carbocycles. The van der Waals surface area contributed by atoms with Gasteiger partial charge < -0.3 is 5.73 Å². The summed E-state index contributed by atoms with van der Waals surface area (Å²) in [6.45, 7) is 0. The van der Waals surface area contributed by atoms with Crippen molar-refractivity contribution in [2.75, 3.05) is 0 Å². The number of rotatable bonds is 3. The third-order valence-corrected chi connectivity index (χ3v) is 6.09. The van der Waals surface area contributed by atoms with Crippen LogP contribution in [0.4, 0.5) is 0 Å². The van der Waals surface area contributed by atoms with E-state index in [1.54, 1.807) is 0 Å². The lowest BCUT2D eigenvalue weighted by molar-refractivity contribution is -0.0667. The fourth-order valence-electron chi connectivity index (χ4n) is 5.68. The summed E-state index contributed by atoms with van der Waals surface area (Å²) in [6, 6.07) is 0.338. The lowest BCUT2D eigenvalue weighted by Crippen LogP contribution is -2.55. The Morgan fingerprint density at radius 2 is 1.84 bits per heavy atom. The van der Waals surface area contributed by atoms with Crippen LogP contribution in [0.2, 0.25) is 0 Å². The van der Waals surface area contributed by atoms with E-state index >= 15 is 0 Å². The molecule has 1 atom stereocenters. The maximum Gasteiger partial charge on any atom is 0.0522 e. The zero-order valence-electron chi connectivity index (χ0n) is 11.9. The van der Waals surface area contributed by atoms with Crippen LogP contribution >= 0.6 is 0 Å². The van der Waals surface area contributed by atoms with Gasteiger partial charge in [-0.3, -0.25) is 4.68 Å². The molecule has 1 aromatic rings. The smallest absolute Gasteiger partial charge is 0.0522 e. The van der Waals surface area contributed by atoms with Gasteiger partial charge >= 0.3 is 0 Å². The molecule has 0 amide bonds. The zero-order valence-corrected chi connectivity index (χ0v) is 11.9. The molecule has 4 aliphatic rings. The van der Waals surface area contributed by atoms with Crippen molar-refractivity contribution in [2.24, 2.45) is 36.0 Å². The monoisotopic (exact) mass is 259 g/mol. The van der Waals surface area contributed by atoms with Crippen LogP contribution in [0.25, 0.3) is 0 Å². The van der Waals surface area contributed by atoms with Gasteiger partial charge in [-0.2, -0.15) is 5.10 Å². The van der Waals surface area contributed by atoms with Gasteiger partial charge in [-0.1, -0.05) is 0 Å². The molecule has 104 valence electrons. The highest BCUT2D eigenvalue weighted by atomic mass is 15.2. The first kappa shape index (κ1) is 12.0. The van der Waals surface area contributed by atoms with E-state index < -0.39 is 0 Å². The first-order valence-electron chi connectivity index (χ1n) is 7.86. The molecule has 4 bridgehead atoms. The predicted molar refractivity (Wildman–Crippen MR) is 75.5 cm³/mol. The number of aryl methyl sites for hydroxylation is 1. The van der Waals surface area contributed by atoms with E-state index in [2.05, 4.69) is 11.3 Å². The second-order valence-corrected chi connectivity index (χ2v) is 7.61. The van der Waals surface area contributed by atoms with Crippen molar-refractivity contribution in [2.45, 2.75) is 51.0 Å².